The van der Waals surface area contributed by atoms with Crippen LogP contribution in [0.4, 0.5) is 0 Å². The molecule has 0 aromatic heterocycles. The van der Waals surface area contributed by atoms with E-state index >= 15 is 0 Å². The molecule has 3 heteroatoms. The molecule has 0 rings (SSSR count). The van der Waals surface area contributed by atoms with Gasteiger partial charge in [0, 0.05) is 0 Å². The molecular weight excluding hydrogens is 183 g/mol. The Labute approximate surface area is 63.7 Å². The zero-order chi connectivity index (χ0) is 7.11. The monoisotopic (exact) mass is 195 g/mol. The van der Waals surface area contributed by atoms with E-state index in [2.05, 4.69) is 22.6 Å². The van der Waals surface area contributed by atoms with Crippen molar-refractivity contribution in [1.29, 1.82) is 0 Å². The number of aliphatic hydroxyl groups excluding tert-OH is 1. The Morgan fingerprint density at radius 1 is 1.78 bits per heavy atom. The van der Waals surface area contributed by atoms with Crippen molar-refractivity contribution in [3.8, 4) is 0 Å². The van der Waals surface area contributed by atoms with Crippen LogP contribution in [0.5, 0.6) is 0 Å². The van der Waals surface area contributed by atoms with Crippen LogP contribution in [0.25, 0.3) is 0 Å². The molecule has 0 amide bonds. The van der Waals surface area contributed by atoms with Crippen molar-refractivity contribution in [2.45, 2.75) is 11.4 Å². The van der Waals surface area contributed by atoms with Crippen molar-refractivity contribution in [3.05, 3.63) is 12.7 Å². The summed E-state index contributed by atoms with van der Waals surface area (Å²) in [5.41, 5.74) is 0. The summed E-state index contributed by atoms with van der Waals surface area (Å²) in [5, 5.41) is 9.52. The van der Waals surface area contributed by atoms with Gasteiger partial charge in [0.25, 0.3) is 0 Å². The molecule has 2 nitrogen and oxygen atoms in total. The third kappa shape index (κ3) is 6.06. The van der Waals surface area contributed by atoms with Crippen LogP contribution in [0.2, 0.25) is 5.32 Å². The van der Waals surface area contributed by atoms with Gasteiger partial charge in [0.05, 0.1) is 0 Å². The van der Waals surface area contributed by atoms with E-state index in [9.17, 15) is 0 Å². The van der Waals surface area contributed by atoms with E-state index in [0.717, 1.165) is 0 Å². The topological polar surface area (TPSA) is 29.5 Å². The standard InChI is InChI=1S/C6H11O2Se/c1-2-3-8-4-6(7)5-9/h2,6-7H,1,3-5H2. The van der Waals surface area contributed by atoms with Gasteiger partial charge in [0.1, 0.15) is 0 Å². The van der Waals surface area contributed by atoms with Crippen molar-refractivity contribution in [1.82, 2.24) is 0 Å². The molecule has 0 heterocycles. The normalized spacial score (nSPS) is 13.1. The summed E-state index contributed by atoms with van der Waals surface area (Å²) < 4.78 is 4.95. The summed E-state index contributed by atoms with van der Waals surface area (Å²) in [4.78, 5) is 0. The van der Waals surface area contributed by atoms with E-state index in [0.29, 0.717) is 18.5 Å². The van der Waals surface area contributed by atoms with Crippen LogP contribution in [-0.2, 0) is 4.74 Å². The first-order chi connectivity index (χ1) is 4.31. The molecule has 1 N–H and O–H groups in total. The molecule has 0 aliphatic carbocycles. The third-order valence-corrected chi connectivity index (χ3v) is 1.55. The SMILES string of the molecule is C=CCOCC(O)C[Se]. The summed E-state index contributed by atoms with van der Waals surface area (Å²) >= 11 is 2.71. The van der Waals surface area contributed by atoms with E-state index in [4.69, 9.17) is 9.84 Å². The molecule has 1 atom stereocenters. The van der Waals surface area contributed by atoms with E-state index in [1.807, 2.05) is 0 Å². The summed E-state index contributed by atoms with van der Waals surface area (Å²) in [6, 6.07) is 0. The van der Waals surface area contributed by atoms with Crippen molar-refractivity contribution >= 4 is 16.0 Å². The first-order valence-corrected chi connectivity index (χ1v) is 3.97. The van der Waals surface area contributed by atoms with Crippen LogP contribution in [0.3, 0.4) is 0 Å². The number of rotatable bonds is 5. The molecule has 53 valence electrons. The van der Waals surface area contributed by atoms with Crippen LogP contribution in [-0.4, -0.2) is 40.4 Å². The Kier molecular flexibility index (Phi) is 6.43. The van der Waals surface area contributed by atoms with Crippen LogP contribution in [0, 0.1) is 0 Å². The van der Waals surface area contributed by atoms with E-state index in [1.165, 1.54) is 0 Å². The quantitative estimate of drug-likeness (QED) is 0.383. The molecule has 0 saturated carbocycles. The molecule has 0 aliphatic heterocycles. The third-order valence-electron chi connectivity index (χ3n) is 0.738. The van der Waals surface area contributed by atoms with Gasteiger partial charge in [-0.25, -0.2) is 0 Å². The number of ether oxygens (including phenoxy) is 1. The molecule has 0 aromatic rings. The second-order valence-electron chi connectivity index (χ2n) is 1.65. The summed E-state index contributed by atoms with van der Waals surface area (Å²) in [5.74, 6) is 0. The van der Waals surface area contributed by atoms with Gasteiger partial charge in [0.2, 0.25) is 0 Å². The zero-order valence-corrected chi connectivity index (χ0v) is 6.96. The van der Waals surface area contributed by atoms with Crippen LogP contribution in [0.1, 0.15) is 0 Å². The zero-order valence-electron chi connectivity index (χ0n) is 5.25. The Morgan fingerprint density at radius 2 is 2.44 bits per heavy atom. The van der Waals surface area contributed by atoms with E-state index in [-0.39, 0.29) is 6.10 Å². The molecule has 1 unspecified atom stereocenters. The minimum absolute atomic E-state index is 0.370. The first-order valence-electron chi connectivity index (χ1n) is 2.76. The van der Waals surface area contributed by atoms with Gasteiger partial charge in [-0.3, -0.25) is 0 Å². The van der Waals surface area contributed by atoms with Crippen LogP contribution < -0.4 is 0 Å². The molecule has 0 spiro atoms. The first kappa shape index (κ1) is 9.18. The predicted molar refractivity (Wildman–Crippen MR) is 37.6 cm³/mol. The van der Waals surface area contributed by atoms with Gasteiger partial charge >= 0.3 is 63.1 Å². The van der Waals surface area contributed by atoms with Gasteiger partial charge in [-0.1, -0.05) is 0 Å². The fraction of sp³-hybridized carbons (Fsp3) is 0.667. The number of hydrogen-bond acceptors (Lipinski definition) is 2. The fourth-order valence-corrected chi connectivity index (χ4v) is 0.537. The maximum absolute atomic E-state index is 8.89. The molecule has 0 aromatic carbocycles. The fourth-order valence-electron chi connectivity index (χ4n) is 0.336. The Hall–Kier alpha value is 0.179. The van der Waals surface area contributed by atoms with Gasteiger partial charge in [0.15, 0.2) is 0 Å². The average molecular weight is 194 g/mol. The molecule has 0 bridgehead atoms. The Balaban J connectivity index is 2.96. The second-order valence-corrected chi connectivity index (χ2v) is 2.35. The second kappa shape index (κ2) is 6.30. The summed E-state index contributed by atoms with van der Waals surface area (Å²) in [6.07, 6.45) is 1.29. The maximum atomic E-state index is 8.89. The van der Waals surface area contributed by atoms with Crippen LogP contribution >= 0.6 is 0 Å². The van der Waals surface area contributed by atoms with Crippen molar-refractivity contribution in [3.63, 3.8) is 0 Å². The molecule has 0 saturated heterocycles. The van der Waals surface area contributed by atoms with E-state index in [1.54, 1.807) is 6.08 Å². The Bertz CT molecular complexity index is 75.5. The molecule has 0 aliphatic rings. The van der Waals surface area contributed by atoms with Crippen LogP contribution in [0.15, 0.2) is 12.7 Å². The van der Waals surface area contributed by atoms with Crippen molar-refractivity contribution in [2.24, 2.45) is 0 Å². The van der Waals surface area contributed by atoms with Gasteiger partial charge in [-0.05, 0) is 0 Å². The molecule has 1 radical (unpaired) electrons. The van der Waals surface area contributed by atoms with Gasteiger partial charge in [-0.2, -0.15) is 0 Å². The summed E-state index contributed by atoms with van der Waals surface area (Å²) in [7, 11) is 0. The van der Waals surface area contributed by atoms with E-state index < -0.39 is 0 Å². The summed E-state index contributed by atoms with van der Waals surface area (Å²) in [6.45, 7) is 4.37. The Morgan fingerprint density at radius 3 is 2.89 bits per heavy atom. The average Bonchev–Trinajstić information content (AvgIpc) is 1.89. The van der Waals surface area contributed by atoms with Crippen molar-refractivity contribution in [2.75, 3.05) is 13.2 Å². The predicted octanol–water partition coefficient (Wildman–Crippen LogP) is 0.137. The molecule has 0 fully saturated rings. The van der Waals surface area contributed by atoms with Gasteiger partial charge < -0.3 is 0 Å². The van der Waals surface area contributed by atoms with Crippen molar-refractivity contribution < 1.29 is 9.84 Å². The number of aliphatic hydroxyl groups is 1. The molecule has 9 heavy (non-hydrogen) atoms. The number of hydrogen-bond donors (Lipinski definition) is 1. The molecular formula is C6H11O2Se. The minimum atomic E-state index is -0.370. The van der Waals surface area contributed by atoms with Gasteiger partial charge in [-0.15, -0.1) is 0 Å².